The smallest absolute Gasteiger partial charge is 0.321 e. The topological polar surface area (TPSA) is 92.2 Å². The molecule has 0 spiro atoms. The molecule has 2 heterocycles. The second kappa shape index (κ2) is 10.4. The molecule has 0 radical (unpaired) electrons. The first-order valence-corrected chi connectivity index (χ1v) is 10.9. The number of nitrogens with zero attached hydrogens (tertiary/aromatic N) is 4. The van der Waals surface area contributed by atoms with Crippen LogP contribution in [0.1, 0.15) is 38.9 Å². The third-order valence-electron chi connectivity index (χ3n) is 4.75. The zero-order valence-electron chi connectivity index (χ0n) is 16.9. The maximum absolute atomic E-state index is 12.3. The molecule has 29 heavy (non-hydrogen) atoms. The van der Waals surface area contributed by atoms with Gasteiger partial charge in [0.1, 0.15) is 0 Å². The van der Waals surface area contributed by atoms with E-state index in [4.69, 9.17) is 0 Å². The maximum atomic E-state index is 12.3. The van der Waals surface area contributed by atoms with Crippen molar-refractivity contribution in [1.29, 1.82) is 0 Å². The first-order valence-electron chi connectivity index (χ1n) is 10.1. The van der Waals surface area contributed by atoms with Crippen LogP contribution in [-0.2, 0) is 11.3 Å². The predicted molar refractivity (Wildman–Crippen MR) is 113 cm³/mol. The molecule has 1 aliphatic heterocycles. The van der Waals surface area contributed by atoms with E-state index in [2.05, 4.69) is 25.7 Å². The second-order valence-corrected chi connectivity index (χ2v) is 8.32. The number of hydrogen-bond acceptors (Lipinski definition) is 6. The van der Waals surface area contributed by atoms with Gasteiger partial charge in [0, 0.05) is 12.2 Å². The number of aromatic nitrogens is 3. The Morgan fingerprint density at radius 3 is 2.55 bits per heavy atom. The fourth-order valence-electron chi connectivity index (χ4n) is 3.26. The van der Waals surface area contributed by atoms with Crippen molar-refractivity contribution in [1.82, 2.24) is 30.3 Å². The number of benzene rings is 1. The summed E-state index contributed by atoms with van der Waals surface area (Å²) in [6.45, 7) is 6.87. The molecule has 1 aromatic carbocycles. The van der Waals surface area contributed by atoms with E-state index < -0.39 is 11.3 Å². The Bertz CT molecular complexity index is 820. The van der Waals surface area contributed by atoms with Crippen molar-refractivity contribution >= 4 is 23.7 Å². The summed E-state index contributed by atoms with van der Waals surface area (Å²) in [5, 5.41) is 13.9. The third kappa shape index (κ3) is 5.80. The van der Waals surface area contributed by atoms with Crippen molar-refractivity contribution in [2.45, 2.75) is 50.1 Å². The van der Waals surface area contributed by atoms with E-state index in [1.54, 1.807) is 13.8 Å². The van der Waals surface area contributed by atoms with Crippen LogP contribution in [0.5, 0.6) is 0 Å². The van der Waals surface area contributed by atoms with Crippen LogP contribution < -0.4 is 10.6 Å². The number of rotatable bonds is 7. The summed E-state index contributed by atoms with van der Waals surface area (Å²) < 4.78 is 2.01. The van der Waals surface area contributed by atoms with Crippen LogP contribution in [0.15, 0.2) is 35.5 Å². The van der Waals surface area contributed by atoms with Crippen molar-refractivity contribution in [3.8, 4) is 5.69 Å². The summed E-state index contributed by atoms with van der Waals surface area (Å²) in [5.74, 6) is 0.498. The number of thioether (sulfide) groups is 1. The van der Waals surface area contributed by atoms with Crippen LogP contribution in [0.4, 0.5) is 4.79 Å². The minimum atomic E-state index is -0.493. The average molecular weight is 417 g/mol. The third-order valence-corrected chi connectivity index (χ3v) is 5.80. The molecule has 3 amide bonds. The monoisotopic (exact) mass is 416 g/mol. The number of likely N-dealkylation sites (tertiary alicyclic amines) is 1. The molecule has 1 aliphatic rings. The zero-order chi connectivity index (χ0) is 20.6. The fraction of sp³-hybridized carbons (Fsp3) is 0.500. The Morgan fingerprint density at radius 2 is 1.86 bits per heavy atom. The van der Waals surface area contributed by atoms with Gasteiger partial charge < -0.3 is 5.32 Å². The van der Waals surface area contributed by atoms with Crippen LogP contribution in [0.2, 0.25) is 0 Å². The molecule has 1 saturated heterocycles. The van der Waals surface area contributed by atoms with E-state index in [0.29, 0.717) is 11.7 Å². The second-order valence-electron chi connectivity index (χ2n) is 7.02. The van der Waals surface area contributed by atoms with Crippen LogP contribution in [-0.4, -0.2) is 56.5 Å². The van der Waals surface area contributed by atoms with Gasteiger partial charge in [0.25, 0.3) is 0 Å². The molecule has 2 N–H and O–H groups in total. The number of amides is 3. The summed E-state index contributed by atoms with van der Waals surface area (Å²) in [6, 6.07) is 9.44. The fourth-order valence-corrected chi connectivity index (χ4v) is 4.15. The predicted octanol–water partition coefficient (Wildman–Crippen LogP) is 2.58. The number of para-hydroxylation sites is 1. The Balaban J connectivity index is 1.78. The molecule has 9 heteroatoms. The SMILES string of the molecule is CCNC(=O)NC(=O)C(C)Sc1nnc(CN2CCCCC2)n1-c1ccccc1. The average Bonchev–Trinajstić information content (AvgIpc) is 3.11. The molecule has 2 aromatic rings. The van der Waals surface area contributed by atoms with E-state index >= 15 is 0 Å². The van der Waals surface area contributed by atoms with Gasteiger partial charge in [0.2, 0.25) is 5.91 Å². The Labute approximate surface area is 175 Å². The maximum Gasteiger partial charge on any atom is 0.321 e. The van der Waals surface area contributed by atoms with Gasteiger partial charge in [-0.3, -0.25) is 19.6 Å². The highest BCUT2D eigenvalue weighted by molar-refractivity contribution is 8.00. The van der Waals surface area contributed by atoms with Crippen LogP contribution in [0.25, 0.3) is 5.69 Å². The lowest BCUT2D eigenvalue weighted by Crippen LogP contribution is -2.42. The van der Waals surface area contributed by atoms with E-state index in [1.165, 1.54) is 31.0 Å². The van der Waals surface area contributed by atoms with Gasteiger partial charge in [-0.05, 0) is 51.9 Å². The Morgan fingerprint density at radius 1 is 1.14 bits per heavy atom. The van der Waals surface area contributed by atoms with Crippen molar-refractivity contribution in [3.63, 3.8) is 0 Å². The molecule has 1 aromatic heterocycles. The highest BCUT2D eigenvalue weighted by Gasteiger charge is 2.23. The Kier molecular flexibility index (Phi) is 7.65. The molecule has 0 bridgehead atoms. The number of urea groups is 1. The van der Waals surface area contributed by atoms with E-state index in [9.17, 15) is 9.59 Å². The quantitative estimate of drug-likeness (QED) is 0.674. The number of piperidine rings is 1. The van der Waals surface area contributed by atoms with Crippen molar-refractivity contribution < 1.29 is 9.59 Å². The van der Waals surface area contributed by atoms with E-state index in [-0.39, 0.29) is 5.91 Å². The number of carbonyl (C=O) groups excluding carboxylic acids is 2. The van der Waals surface area contributed by atoms with Crippen molar-refractivity contribution in [2.75, 3.05) is 19.6 Å². The first kappa shape index (κ1) is 21.3. The minimum absolute atomic E-state index is 0.360. The summed E-state index contributed by atoms with van der Waals surface area (Å²) in [4.78, 5) is 26.4. The number of imide groups is 1. The summed E-state index contributed by atoms with van der Waals surface area (Å²) in [5.41, 5.74) is 0.961. The Hall–Kier alpha value is -2.39. The van der Waals surface area contributed by atoms with Crippen LogP contribution in [0, 0.1) is 0 Å². The normalized spacial score (nSPS) is 15.7. The number of carbonyl (C=O) groups is 2. The molecule has 0 saturated carbocycles. The number of nitrogens with one attached hydrogen (secondary N) is 2. The van der Waals surface area contributed by atoms with Crippen molar-refractivity contribution in [3.05, 3.63) is 36.2 Å². The van der Waals surface area contributed by atoms with Gasteiger partial charge >= 0.3 is 6.03 Å². The van der Waals surface area contributed by atoms with Gasteiger partial charge in [0.15, 0.2) is 11.0 Å². The van der Waals surface area contributed by atoms with Crippen LogP contribution in [0.3, 0.4) is 0 Å². The molecule has 156 valence electrons. The standard InChI is InChI=1S/C20H28N6O2S/c1-3-21-19(28)22-18(27)15(2)29-20-24-23-17(14-25-12-8-5-9-13-25)26(20)16-10-6-4-7-11-16/h4,6-7,10-11,15H,3,5,8-9,12-14H2,1-2H3,(H2,21,22,27,28). The lowest BCUT2D eigenvalue weighted by Gasteiger charge is -2.26. The molecule has 1 atom stereocenters. The lowest BCUT2D eigenvalue weighted by molar-refractivity contribution is -0.119. The van der Waals surface area contributed by atoms with Gasteiger partial charge in [-0.25, -0.2) is 4.79 Å². The van der Waals surface area contributed by atoms with Gasteiger partial charge in [-0.15, -0.1) is 10.2 Å². The molecule has 8 nitrogen and oxygen atoms in total. The van der Waals surface area contributed by atoms with Gasteiger partial charge in [-0.1, -0.05) is 36.4 Å². The van der Waals surface area contributed by atoms with Gasteiger partial charge in [-0.2, -0.15) is 0 Å². The summed E-state index contributed by atoms with van der Waals surface area (Å²) in [7, 11) is 0. The summed E-state index contributed by atoms with van der Waals surface area (Å²) >= 11 is 1.29. The van der Waals surface area contributed by atoms with Gasteiger partial charge in [0.05, 0.1) is 11.8 Å². The van der Waals surface area contributed by atoms with Crippen molar-refractivity contribution in [2.24, 2.45) is 0 Å². The lowest BCUT2D eigenvalue weighted by atomic mass is 10.1. The first-order chi connectivity index (χ1) is 14.1. The zero-order valence-corrected chi connectivity index (χ0v) is 17.7. The molecular formula is C20H28N6O2S. The highest BCUT2D eigenvalue weighted by Crippen LogP contribution is 2.26. The minimum Gasteiger partial charge on any atom is -0.338 e. The van der Waals surface area contributed by atoms with Crippen LogP contribution >= 0.6 is 11.8 Å². The highest BCUT2D eigenvalue weighted by atomic mass is 32.2. The van der Waals surface area contributed by atoms with E-state index in [0.717, 1.165) is 31.1 Å². The number of hydrogen-bond donors (Lipinski definition) is 2. The molecular weight excluding hydrogens is 388 g/mol. The largest absolute Gasteiger partial charge is 0.338 e. The summed E-state index contributed by atoms with van der Waals surface area (Å²) in [6.07, 6.45) is 3.69. The molecule has 3 rings (SSSR count). The van der Waals surface area contributed by atoms with E-state index in [1.807, 2.05) is 34.9 Å². The molecule has 1 fully saturated rings. The molecule has 0 aliphatic carbocycles. The molecule has 1 unspecified atom stereocenters.